The van der Waals surface area contributed by atoms with Crippen molar-refractivity contribution >= 4 is 38.8 Å². The second-order valence-electron chi connectivity index (χ2n) is 6.91. The molecule has 0 bridgehead atoms. The molecule has 0 spiro atoms. The Kier molecular flexibility index (Phi) is 3.67. The average Bonchev–Trinajstić information content (AvgIpc) is 3.11. The van der Waals surface area contributed by atoms with Crippen molar-refractivity contribution in [2.24, 2.45) is 17.8 Å². The van der Waals surface area contributed by atoms with E-state index in [1.807, 2.05) is 19.1 Å². The van der Waals surface area contributed by atoms with Crippen molar-refractivity contribution in [2.75, 3.05) is 13.1 Å². The largest absolute Gasteiger partial charge is 0.481 e. The van der Waals surface area contributed by atoms with Crippen LogP contribution in [0.2, 0.25) is 0 Å². The number of likely N-dealkylation sites (tertiary alicyclic amines) is 1. The average molecular weight is 392 g/mol. The molecule has 1 saturated carbocycles. The molecular formula is C18H18BrNO4. The molecule has 2 aliphatic rings. The number of carboxylic acids is 1. The Bertz CT molecular complexity index is 839. The van der Waals surface area contributed by atoms with E-state index >= 15 is 0 Å². The summed E-state index contributed by atoms with van der Waals surface area (Å²) in [6.45, 7) is 2.72. The minimum atomic E-state index is -0.799. The highest BCUT2D eigenvalue weighted by Gasteiger charge is 2.47. The zero-order valence-electron chi connectivity index (χ0n) is 13.3. The molecule has 1 aliphatic carbocycles. The van der Waals surface area contributed by atoms with E-state index in [1.54, 1.807) is 11.0 Å². The molecule has 2 heterocycles. The molecule has 1 amide bonds. The third-order valence-corrected chi connectivity index (χ3v) is 5.63. The second kappa shape index (κ2) is 5.62. The third-order valence-electron chi connectivity index (χ3n) is 5.17. The number of carboxylic acid groups (broad SMARTS) is 1. The standard InChI is InChI=1S/C18H18BrNO4/c1-9-4-12(19)5-11-6-15(24-16(9)11)17(21)20-7-13(10-2-3-10)14(8-20)18(22)23/h4-6,10,13-14H,2-3,7-8H2,1H3,(H,22,23)/t13-,14+/m1/s1. The fourth-order valence-electron chi connectivity index (χ4n) is 3.80. The molecule has 5 nitrogen and oxygen atoms in total. The number of furan rings is 1. The predicted molar refractivity (Wildman–Crippen MR) is 91.9 cm³/mol. The van der Waals surface area contributed by atoms with Crippen LogP contribution in [0.4, 0.5) is 0 Å². The molecule has 126 valence electrons. The third kappa shape index (κ3) is 2.62. The number of halogens is 1. The Morgan fingerprint density at radius 1 is 1.25 bits per heavy atom. The van der Waals surface area contributed by atoms with Gasteiger partial charge < -0.3 is 14.4 Å². The fraction of sp³-hybridized carbons (Fsp3) is 0.444. The molecule has 1 aliphatic heterocycles. The fourth-order valence-corrected chi connectivity index (χ4v) is 4.39. The van der Waals surface area contributed by atoms with Crippen molar-refractivity contribution in [2.45, 2.75) is 19.8 Å². The van der Waals surface area contributed by atoms with Gasteiger partial charge in [0.25, 0.3) is 5.91 Å². The normalized spacial score (nSPS) is 23.8. The van der Waals surface area contributed by atoms with E-state index in [9.17, 15) is 14.7 Å². The molecular weight excluding hydrogens is 374 g/mol. The van der Waals surface area contributed by atoms with E-state index in [2.05, 4.69) is 15.9 Å². The van der Waals surface area contributed by atoms with Gasteiger partial charge >= 0.3 is 5.97 Å². The van der Waals surface area contributed by atoms with Gasteiger partial charge in [-0.1, -0.05) is 15.9 Å². The number of carbonyl (C=O) groups excluding carboxylic acids is 1. The lowest BCUT2D eigenvalue weighted by molar-refractivity contribution is -0.142. The van der Waals surface area contributed by atoms with E-state index in [-0.39, 0.29) is 24.1 Å². The van der Waals surface area contributed by atoms with Crippen LogP contribution in [-0.2, 0) is 4.79 Å². The maximum absolute atomic E-state index is 12.8. The predicted octanol–water partition coefficient (Wildman–Crippen LogP) is 3.69. The minimum absolute atomic E-state index is 0.0757. The molecule has 2 aromatic rings. The van der Waals surface area contributed by atoms with Crippen LogP contribution in [-0.4, -0.2) is 35.0 Å². The lowest BCUT2D eigenvalue weighted by Gasteiger charge is -2.14. The number of nitrogens with zero attached hydrogens (tertiary/aromatic N) is 1. The van der Waals surface area contributed by atoms with Gasteiger partial charge in [-0.05, 0) is 55.4 Å². The lowest BCUT2D eigenvalue weighted by atomic mass is 9.92. The molecule has 0 radical (unpaired) electrons. The molecule has 0 unspecified atom stereocenters. The first-order chi connectivity index (χ1) is 11.4. The molecule has 1 saturated heterocycles. The highest BCUT2D eigenvalue weighted by molar-refractivity contribution is 9.10. The number of benzene rings is 1. The number of fused-ring (bicyclic) bond motifs is 1. The van der Waals surface area contributed by atoms with Crippen molar-refractivity contribution in [1.29, 1.82) is 0 Å². The van der Waals surface area contributed by atoms with Gasteiger partial charge in [0.2, 0.25) is 0 Å². The lowest BCUT2D eigenvalue weighted by Crippen LogP contribution is -2.29. The van der Waals surface area contributed by atoms with Crippen molar-refractivity contribution in [3.8, 4) is 0 Å². The summed E-state index contributed by atoms with van der Waals surface area (Å²) in [5.74, 6) is -0.652. The Hall–Kier alpha value is -1.82. The van der Waals surface area contributed by atoms with Crippen LogP contribution in [0, 0.1) is 24.7 Å². The van der Waals surface area contributed by atoms with Crippen LogP contribution >= 0.6 is 15.9 Å². The second-order valence-corrected chi connectivity index (χ2v) is 7.82. The van der Waals surface area contributed by atoms with Gasteiger partial charge in [0.05, 0.1) is 5.92 Å². The van der Waals surface area contributed by atoms with Crippen LogP contribution in [0.25, 0.3) is 11.0 Å². The van der Waals surface area contributed by atoms with Crippen LogP contribution in [0.15, 0.2) is 27.1 Å². The molecule has 2 atom stereocenters. The van der Waals surface area contributed by atoms with Gasteiger partial charge in [0.15, 0.2) is 5.76 Å². The number of carbonyl (C=O) groups is 2. The zero-order valence-corrected chi connectivity index (χ0v) is 14.9. The summed E-state index contributed by atoms with van der Waals surface area (Å²) in [5.41, 5.74) is 1.66. The van der Waals surface area contributed by atoms with Gasteiger partial charge in [-0.3, -0.25) is 9.59 Å². The molecule has 1 N–H and O–H groups in total. The number of aliphatic carboxylic acids is 1. The van der Waals surface area contributed by atoms with Crippen LogP contribution < -0.4 is 0 Å². The highest BCUT2D eigenvalue weighted by atomic mass is 79.9. The summed E-state index contributed by atoms with van der Waals surface area (Å²) in [5, 5.41) is 10.3. The Morgan fingerprint density at radius 2 is 2.00 bits per heavy atom. The zero-order chi connectivity index (χ0) is 17.0. The molecule has 2 fully saturated rings. The minimum Gasteiger partial charge on any atom is -0.481 e. The maximum Gasteiger partial charge on any atom is 0.308 e. The number of rotatable bonds is 3. The van der Waals surface area contributed by atoms with Crippen LogP contribution in [0.1, 0.15) is 29.0 Å². The van der Waals surface area contributed by atoms with E-state index in [0.29, 0.717) is 18.0 Å². The van der Waals surface area contributed by atoms with Crippen molar-refractivity contribution in [3.63, 3.8) is 0 Å². The first-order valence-electron chi connectivity index (χ1n) is 8.16. The van der Waals surface area contributed by atoms with Gasteiger partial charge in [0, 0.05) is 22.9 Å². The summed E-state index contributed by atoms with van der Waals surface area (Å²) in [7, 11) is 0. The molecule has 1 aromatic carbocycles. The molecule has 24 heavy (non-hydrogen) atoms. The van der Waals surface area contributed by atoms with Gasteiger partial charge in [0.1, 0.15) is 5.58 Å². The number of amides is 1. The smallest absolute Gasteiger partial charge is 0.308 e. The van der Waals surface area contributed by atoms with Crippen LogP contribution in [0.3, 0.4) is 0 Å². The summed E-state index contributed by atoms with van der Waals surface area (Å²) >= 11 is 3.45. The number of hydrogen-bond donors (Lipinski definition) is 1. The Morgan fingerprint density at radius 3 is 2.67 bits per heavy atom. The van der Waals surface area contributed by atoms with E-state index in [4.69, 9.17) is 4.42 Å². The molecule has 6 heteroatoms. The van der Waals surface area contributed by atoms with Gasteiger partial charge in [-0.2, -0.15) is 0 Å². The summed E-state index contributed by atoms with van der Waals surface area (Å²) < 4.78 is 6.71. The molecule has 4 rings (SSSR count). The Balaban J connectivity index is 1.62. The summed E-state index contributed by atoms with van der Waals surface area (Å²) in [6, 6.07) is 5.61. The SMILES string of the molecule is Cc1cc(Br)cc2cc(C(=O)N3C[C@H](C(=O)O)[C@@H](C4CC4)C3)oc12. The topological polar surface area (TPSA) is 70.8 Å². The molecule has 1 aromatic heterocycles. The van der Waals surface area contributed by atoms with E-state index < -0.39 is 11.9 Å². The maximum atomic E-state index is 12.8. The van der Waals surface area contributed by atoms with Gasteiger partial charge in [-0.25, -0.2) is 0 Å². The monoisotopic (exact) mass is 391 g/mol. The number of hydrogen-bond acceptors (Lipinski definition) is 3. The summed E-state index contributed by atoms with van der Waals surface area (Å²) in [6.07, 6.45) is 2.16. The first kappa shape index (κ1) is 15.7. The highest BCUT2D eigenvalue weighted by Crippen LogP contribution is 2.44. The van der Waals surface area contributed by atoms with E-state index in [1.165, 1.54) is 0 Å². The van der Waals surface area contributed by atoms with Gasteiger partial charge in [-0.15, -0.1) is 0 Å². The Labute approximate surface area is 147 Å². The van der Waals surface area contributed by atoms with Crippen molar-refractivity contribution < 1.29 is 19.1 Å². The van der Waals surface area contributed by atoms with E-state index in [0.717, 1.165) is 28.3 Å². The van der Waals surface area contributed by atoms with Crippen molar-refractivity contribution in [3.05, 3.63) is 34.0 Å². The first-order valence-corrected chi connectivity index (χ1v) is 8.95. The quantitative estimate of drug-likeness (QED) is 0.865. The summed E-state index contributed by atoms with van der Waals surface area (Å²) in [4.78, 5) is 25.9. The number of aryl methyl sites for hydroxylation is 1. The van der Waals surface area contributed by atoms with Crippen LogP contribution in [0.5, 0.6) is 0 Å². The van der Waals surface area contributed by atoms with Crippen molar-refractivity contribution in [1.82, 2.24) is 4.90 Å².